The Kier molecular flexibility index (Phi) is 8.66. The van der Waals surface area contributed by atoms with Gasteiger partial charge in [-0.3, -0.25) is 9.59 Å². The van der Waals surface area contributed by atoms with E-state index in [4.69, 9.17) is 4.74 Å². The van der Waals surface area contributed by atoms with E-state index in [0.29, 0.717) is 40.7 Å². The van der Waals surface area contributed by atoms with E-state index in [-0.39, 0.29) is 5.41 Å². The van der Waals surface area contributed by atoms with Crippen LogP contribution in [-0.2, 0) is 16.6 Å². The molecule has 1 amide bonds. The van der Waals surface area contributed by atoms with Crippen LogP contribution in [0.5, 0.6) is 5.75 Å². The lowest BCUT2D eigenvalue weighted by atomic mass is 9.87. The highest BCUT2D eigenvalue weighted by molar-refractivity contribution is 6.48. The summed E-state index contributed by atoms with van der Waals surface area (Å²) < 4.78 is 5.44. The Labute approximate surface area is 251 Å². The topological polar surface area (TPSA) is 105 Å². The van der Waals surface area contributed by atoms with Crippen molar-refractivity contribution < 1.29 is 14.3 Å². The Morgan fingerprint density at radius 1 is 0.837 bits per heavy atom. The lowest BCUT2D eigenvalue weighted by Gasteiger charge is -2.21. The van der Waals surface area contributed by atoms with Crippen LogP contribution in [0.4, 0.5) is 23.1 Å². The maximum absolute atomic E-state index is 13.5. The molecular weight excluding hydrogens is 538 g/mol. The molecule has 3 N–H and O–H groups in total. The van der Waals surface area contributed by atoms with Crippen molar-refractivity contribution in [3.05, 3.63) is 114 Å². The smallest absolute Gasteiger partial charge is 0.296 e. The number of aromatic nitrogens is 2. The van der Waals surface area contributed by atoms with Gasteiger partial charge in [0.2, 0.25) is 5.95 Å². The number of benzene rings is 4. The minimum Gasteiger partial charge on any atom is -0.495 e. The fourth-order valence-corrected chi connectivity index (χ4v) is 4.79. The van der Waals surface area contributed by atoms with Gasteiger partial charge in [-0.05, 0) is 58.7 Å². The van der Waals surface area contributed by atoms with Crippen LogP contribution in [0, 0.1) is 0 Å². The molecular formula is C35H35N5O3. The number of methoxy groups -OCH3 is 1. The summed E-state index contributed by atoms with van der Waals surface area (Å²) in [6.45, 7) is 6.94. The van der Waals surface area contributed by atoms with E-state index in [1.165, 1.54) is 12.7 Å². The second-order valence-corrected chi connectivity index (χ2v) is 11.2. The summed E-state index contributed by atoms with van der Waals surface area (Å²) in [5.74, 6) is 0.220. The molecule has 0 aliphatic heterocycles. The van der Waals surface area contributed by atoms with Crippen LogP contribution >= 0.6 is 0 Å². The molecule has 0 bridgehead atoms. The lowest BCUT2D eigenvalue weighted by molar-refractivity contribution is -0.112. The van der Waals surface area contributed by atoms with Crippen molar-refractivity contribution >= 4 is 45.6 Å². The zero-order chi connectivity index (χ0) is 30.4. The fraction of sp³-hybridized carbons (Fsp3) is 0.200. The van der Waals surface area contributed by atoms with E-state index >= 15 is 0 Å². The van der Waals surface area contributed by atoms with Crippen molar-refractivity contribution in [3.8, 4) is 5.75 Å². The minimum atomic E-state index is -0.739. The standard InChI is InChI=1S/C35H35N5O3/c1-35(2,3)24-14-17-30(43-4)29(22-24)39-33(42)32(41)27-15-16-28(26-13-9-8-12-25(26)27)38-31-19-21-37-34(40-31)36-20-18-23-10-6-5-7-11-23/h5-17,19,21-22H,18,20H2,1-4H3,(H,39,42)(H2,36,37,38,40). The third-order valence-electron chi connectivity index (χ3n) is 7.15. The summed E-state index contributed by atoms with van der Waals surface area (Å²) in [5.41, 5.74) is 3.61. The highest BCUT2D eigenvalue weighted by atomic mass is 16.5. The minimum absolute atomic E-state index is 0.141. The molecule has 8 heteroatoms. The van der Waals surface area contributed by atoms with E-state index in [1.54, 1.807) is 30.5 Å². The number of hydrogen-bond acceptors (Lipinski definition) is 7. The molecule has 8 nitrogen and oxygen atoms in total. The van der Waals surface area contributed by atoms with Gasteiger partial charge < -0.3 is 20.7 Å². The van der Waals surface area contributed by atoms with Gasteiger partial charge in [0.1, 0.15) is 11.6 Å². The quantitative estimate of drug-likeness (QED) is 0.120. The van der Waals surface area contributed by atoms with Crippen molar-refractivity contribution in [3.63, 3.8) is 0 Å². The molecule has 1 heterocycles. The molecule has 0 atom stereocenters. The number of ether oxygens (including phenoxy) is 1. The number of amides is 1. The molecule has 0 unspecified atom stereocenters. The molecule has 0 aliphatic rings. The van der Waals surface area contributed by atoms with Gasteiger partial charge >= 0.3 is 0 Å². The number of Topliss-reactive ketones (excluding diaryl/α,β-unsaturated/α-hetero) is 1. The van der Waals surface area contributed by atoms with E-state index in [9.17, 15) is 9.59 Å². The van der Waals surface area contributed by atoms with Gasteiger partial charge in [-0.25, -0.2) is 4.98 Å². The van der Waals surface area contributed by atoms with E-state index in [1.807, 2.05) is 54.6 Å². The van der Waals surface area contributed by atoms with Gasteiger partial charge in [0.15, 0.2) is 0 Å². The predicted octanol–water partition coefficient (Wildman–Crippen LogP) is 7.16. The van der Waals surface area contributed by atoms with Crippen molar-refractivity contribution in [2.45, 2.75) is 32.6 Å². The Hall–Kier alpha value is -5.24. The van der Waals surface area contributed by atoms with Gasteiger partial charge in [0, 0.05) is 29.4 Å². The van der Waals surface area contributed by atoms with Crippen LogP contribution in [0.25, 0.3) is 10.8 Å². The number of carbonyl (C=O) groups excluding carboxylic acids is 2. The van der Waals surface area contributed by atoms with Crippen LogP contribution in [0.3, 0.4) is 0 Å². The number of rotatable bonds is 10. The first kappa shape index (κ1) is 29.3. The third-order valence-corrected chi connectivity index (χ3v) is 7.15. The average Bonchev–Trinajstić information content (AvgIpc) is 3.01. The molecule has 4 aromatic carbocycles. The molecule has 0 aliphatic carbocycles. The number of ketones is 1. The number of fused-ring (bicyclic) bond motifs is 1. The molecule has 1 aromatic heterocycles. The number of carbonyl (C=O) groups is 2. The molecule has 43 heavy (non-hydrogen) atoms. The summed E-state index contributed by atoms with van der Waals surface area (Å²) in [6, 6.07) is 28.5. The molecule has 0 saturated carbocycles. The molecule has 218 valence electrons. The van der Waals surface area contributed by atoms with Crippen LogP contribution in [-0.4, -0.2) is 35.3 Å². The van der Waals surface area contributed by atoms with E-state index in [2.05, 4.69) is 58.8 Å². The summed E-state index contributed by atoms with van der Waals surface area (Å²) in [7, 11) is 1.53. The molecule has 0 radical (unpaired) electrons. The normalized spacial score (nSPS) is 11.2. The Morgan fingerprint density at radius 2 is 1.58 bits per heavy atom. The molecule has 5 aromatic rings. The van der Waals surface area contributed by atoms with E-state index in [0.717, 1.165) is 23.1 Å². The maximum Gasteiger partial charge on any atom is 0.296 e. The summed E-state index contributed by atoms with van der Waals surface area (Å²) >= 11 is 0. The Balaban J connectivity index is 1.34. The van der Waals surface area contributed by atoms with Gasteiger partial charge in [0.25, 0.3) is 11.7 Å². The first-order valence-corrected chi connectivity index (χ1v) is 14.2. The van der Waals surface area contributed by atoms with Gasteiger partial charge in [0.05, 0.1) is 12.8 Å². The number of nitrogens with zero attached hydrogens (tertiary/aromatic N) is 2. The van der Waals surface area contributed by atoms with Crippen molar-refractivity contribution in [2.75, 3.05) is 29.6 Å². The molecule has 0 saturated heterocycles. The number of anilines is 4. The first-order chi connectivity index (χ1) is 20.7. The third kappa shape index (κ3) is 6.98. The number of hydrogen-bond donors (Lipinski definition) is 3. The largest absolute Gasteiger partial charge is 0.495 e. The maximum atomic E-state index is 13.5. The Morgan fingerprint density at radius 3 is 2.33 bits per heavy atom. The van der Waals surface area contributed by atoms with Crippen LogP contribution in [0.2, 0.25) is 0 Å². The molecule has 0 fully saturated rings. The average molecular weight is 574 g/mol. The fourth-order valence-electron chi connectivity index (χ4n) is 4.79. The second kappa shape index (κ2) is 12.7. The lowest BCUT2D eigenvalue weighted by Crippen LogP contribution is -2.24. The van der Waals surface area contributed by atoms with Gasteiger partial charge in [-0.1, -0.05) is 81.4 Å². The SMILES string of the molecule is COc1ccc(C(C)(C)C)cc1NC(=O)C(=O)c1ccc(Nc2ccnc(NCCc3ccccc3)n2)c2ccccc12. The Bertz CT molecular complexity index is 1760. The monoisotopic (exact) mass is 573 g/mol. The summed E-state index contributed by atoms with van der Waals surface area (Å²) in [4.78, 5) is 35.6. The van der Waals surface area contributed by atoms with Crippen molar-refractivity contribution in [1.82, 2.24) is 9.97 Å². The van der Waals surface area contributed by atoms with E-state index < -0.39 is 11.7 Å². The van der Waals surface area contributed by atoms with Crippen molar-refractivity contribution in [1.29, 1.82) is 0 Å². The highest BCUT2D eigenvalue weighted by Gasteiger charge is 2.23. The summed E-state index contributed by atoms with van der Waals surface area (Å²) in [6.07, 6.45) is 2.54. The molecule has 5 rings (SSSR count). The number of nitrogens with one attached hydrogen (secondary N) is 3. The second-order valence-electron chi connectivity index (χ2n) is 11.2. The highest BCUT2D eigenvalue weighted by Crippen LogP contribution is 2.33. The van der Waals surface area contributed by atoms with Crippen LogP contribution in [0.1, 0.15) is 42.3 Å². The van der Waals surface area contributed by atoms with Gasteiger partial charge in [-0.15, -0.1) is 0 Å². The van der Waals surface area contributed by atoms with Crippen LogP contribution < -0.4 is 20.7 Å². The predicted molar refractivity (Wildman–Crippen MR) is 173 cm³/mol. The van der Waals surface area contributed by atoms with Crippen LogP contribution in [0.15, 0.2) is 97.2 Å². The zero-order valence-electron chi connectivity index (χ0n) is 24.8. The van der Waals surface area contributed by atoms with Crippen molar-refractivity contribution in [2.24, 2.45) is 0 Å². The zero-order valence-corrected chi connectivity index (χ0v) is 24.8. The first-order valence-electron chi connectivity index (χ1n) is 14.2. The summed E-state index contributed by atoms with van der Waals surface area (Å²) in [5, 5.41) is 10.8. The molecule has 0 spiro atoms. The van der Waals surface area contributed by atoms with Gasteiger partial charge in [-0.2, -0.15) is 4.98 Å².